The third kappa shape index (κ3) is 5.71. The van der Waals surface area contributed by atoms with E-state index in [0.29, 0.717) is 6.42 Å². The minimum absolute atomic E-state index is 0.271. The molecule has 0 spiro atoms. The van der Waals surface area contributed by atoms with Gasteiger partial charge in [-0.2, -0.15) is 0 Å². The summed E-state index contributed by atoms with van der Waals surface area (Å²) in [6.45, 7) is 5.48. The molecule has 5 heteroatoms. The first-order chi connectivity index (χ1) is 6.95. The van der Waals surface area contributed by atoms with Gasteiger partial charge >= 0.3 is 14.5 Å². The molecule has 0 unspecified atom stereocenters. The highest BCUT2D eigenvalue weighted by Crippen LogP contribution is 2.17. The van der Waals surface area contributed by atoms with Crippen molar-refractivity contribution in [3.63, 3.8) is 0 Å². The molecule has 0 aromatic carbocycles. The van der Waals surface area contributed by atoms with Crippen molar-refractivity contribution < 1.29 is 18.8 Å². The Morgan fingerprint density at radius 2 is 1.87 bits per heavy atom. The van der Waals surface area contributed by atoms with Crippen molar-refractivity contribution in [3.05, 3.63) is 12.2 Å². The van der Waals surface area contributed by atoms with Crippen LogP contribution in [0.2, 0.25) is 12.6 Å². The smallest absolute Gasteiger partial charge is 0.334 e. The second-order valence-electron chi connectivity index (χ2n) is 3.66. The summed E-state index contributed by atoms with van der Waals surface area (Å²) in [6.07, 6.45) is 2.27. The third-order valence-electron chi connectivity index (χ3n) is 2.53. The predicted octanol–water partition coefficient (Wildman–Crippen LogP) is 2.16. The largest absolute Gasteiger partial charge is 0.478 e. The lowest BCUT2D eigenvalue weighted by molar-refractivity contribution is -0.132. The van der Waals surface area contributed by atoms with E-state index in [1.54, 1.807) is 14.2 Å². The van der Waals surface area contributed by atoms with Gasteiger partial charge in [-0.15, -0.1) is 0 Å². The summed E-state index contributed by atoms with van der Waals surface area (Å²) in [5.41, 5.74) is 0.271. The lowest BCUT2D eigenvalue weighted by Gasteiger charge is -2.22. The number of unbranched alkanes of at least 4 members (excludes halogenated alkanes) is 1. The monoisotopic (exact) mass is 232 g/mol. The zero-order chi connectivity index (χ0) is 11.9. The normalized spacial score (nSPS) is 11.4. The molecule has 0 aliphatic carbocycles. The molecule has 15 heavy (non-hydrogen) atoms. The summed E-state index contributed by atoms with van der Waals surface area (Å²) in [6, 6.07) is 0.882. The molecule has 0 rings (SSSR count). The summed E-state index contributed by atoms with van der Waals surface area (Å²) < 4.78 is 10.6. The van der Waals surface area contributed by atoms with Crippen molar-refractivity contribution in [1.29, 1.82) is 0 Å². The van der Waals surface area contributed by atoms with Crippen molar-refractivity contribution in [2.24, 2.45) is 0 Å². The Morgan fingerprint density at radius 1 is 1.33 bits per heavy atom. The summed E-state index contributed by atoms with van der Waals surface area (Å²) in [7, 11) is 1.34. The van der Waals surface area contributed by atoms with Crippen molar-refractivity contribution in [2.75, 3.05) is 14.2 Å². The van der Waals surface area contributed by atoms with Gasteiger partial charge in [-0.3, -0.25) is 0 Å². The Morgan fingerprint density at radius 3 is 2.27 bits per heavy atom. The number of carboxylic acids is 1. The molecule has 1 N–H and O–H groups in total. The Bertz CT molecular complexity index is 223. The quantitative estimate of drug-likeness (QED) is 0.396. The van der Waals surface area contributed by atoms with E-state index < -0.39 is 14.5 Å². The molecular formula is C10H20O4Si. The number of hydrogen-bond acceptors (Lipinski definition) is 3. The first kappa shape index (κ1) is 14.3. The van der Waals surface area contributed by atoms with E-state index in [0.717, 1.165) is 18.9 Å². The fourth-order valence-corrected chi connectivity index (χ4v) is 2.65. The highest BCUT2D eigenvalue weighted by atomic mass is 28.4. The fourth-order valence-electron chi connectivity index (χ4n) is 1.18. The van der Waals surface area contributed by atoms with Crippen LogP contribution in [-0.2, 0) is 13.6 Å². The van der Waals surface area contributed by atoms with Crippen LogP contribution in [0, 0.1) is 0 Å². The van der Waals surface area contributed by atoms with Crippen LogP contribution in [0.25, 0.3) is 0 Å². The van der Waals surface area contributed by atoms with Gasteiger partial charge in [0.15, 0.2) is 0 Å². The number of hydrogen-bond donors (Lipinski definition) is 1. The lowest BCUT2D eigenvalue weighted by Crippen LogP contribution is -2.35. The Balaban J connectivity index is 3.71. The van der Waals surface area contributed by atoms with Gasteiger partial charge in [-0.05, 0) is 25.4 Å². The molecular weight excluding hydrogens is 212 g/mol. The van der Waals surface area contributed by atoms with Crippen molar-refractivity contribution in [2.45, 2.75) is 31.9 Å². The molecule has 0 amide bonds. The lowest BCUT2D eigenvalue weighted by atomic mass is 10.1. The molecule has 88 valence electrons. The van der Waals surface area contributed by atoms with Crippen LogP contribution in [0.1, 0.15) is 19.3 Å². The second kappa shape index (κ2) is 6.76. The molecule has 0 aromatic rings. The van der Waals surface area contributed by atoms with Crippen LogP contribution in [0.3, 0.4) is 0 Å². The van der Waals surface area contributed by atoms with Crippen LogP contribution in [0.15, 0.2) is 12.2 Å². The van der Waals surface area contributed by atoms with Crippen LogP contribution in [0.4, 0.5) is 0 Å². The van der Waals surface area contributed by atoms with E-state index in [-0.39, 0.29) is 5.57 Å². The molecule has 0 bridgehead atoms. The predicted molar refractivity (Wildman–Crippen MR) is 61.1 cm³/mol. The zero-order valence-electron chi connectivity index (χ0n) is 9.71. The summed E-state index contributed by atoms with van der Waals surface area (Å²) >= 11 is 0. The maximum Gasteiger partial charge on any atom is 0.334 e. The highest BCUT2D eigenvalue weighted by Gasteiger charge is 2.27. The molecule has 0 fully saturated rings. The molecule has 0 aliphatic heterocycles. The average Bonchev–Trinajstić information content (AvgIpc) is 2.23. The molecule has 0 radical (unpaired) electrons. The van der Waals surface area contributed by atoms with E-state index >= 15 is 0 Å². The van der Waals surface area contributed by atoms with Crippen LogP contribution in [0.5, 0.6) is 0 Å². The number of carboxylic acid groups (broad SMARTS) is 1. The Kier molecular flexibility index (Phi) is 6.47. The van der Waals surface area contributed by atoms with Crippen molar-refractivity contribution >= 4 is 14.5 Å². The number of rotatable bonds is 8. The molecule has 0 atom stereocenters. The zero-order valence-corrected chi connectivity index (χ0v) is 10.7. The molecule has 0 saturated heterocycles. The topological polar surface area (TPSA) is 55.8 Å². The fraction of sp³-hybridized carbons (Fsp3) is 0.700. The van der Waals surface area contributed by atoms with Gasteiger partial charge in [0.1, 0.15) is 0 Å². The average molecular weight is 232 g/mol. The first-order valence-corrected chi connectivity index (χ1v) is 7.49. The number of carbonyl (C=O) groups is 1. The standard InChI is InChI=1S/C10H20O4Si/c1-9(10(11)12)7-5-6-8-15(4,13-2)14-3/h1,5-8H2,2-4H3,(H,11,12). The van der Waals surface area contributed by atoms with Gasteiger partial charge in [0.05, 0.1) is 0 Å². The number of aliphatic carboxylic acids is 1. The van der Waals surface area contributed by atoms with Gasteiger partial charge in [0, 0.05) is 19.8 Å². The molecule has 0 aromatic heterocycles. The van der Waals surface area contributed by atoms with Gasteiger partial charge in [0.2, 0.25) is 0 Å². The molecule has 0 heterocycles. The molecule has 0 aliphatic rings. The van der Waals surface area contributed by atoms with E-state index in [4.69, 9.17) is 14.0 Å². The SMILES string of the molecule is C=C(CCCC[Si](C)(OC)OC)C(=O)O. The van der Waals surface area contributed by atoms with Crippen LogP contribution < -0.4 is 0 Å². The third-order valence-corrected chi connectivity index (χ3v) is 5.51. The van der Waals surface area contributed by atoms with Crippen molar-refractivity contribution in [3.8, 4) is 0 Å². The minimum atomic E-state index is -1.97. The van der Waals surface area contributed by atoms with E-state index in [1.807, 2.05) is 6.55 Å². The van der Waals surface area contributed by atoms with E-state index in [9.17, 15) is 4.79 Å². The minimum Gasteiger partial charge on any atom is -0.478 e. The van der Waals surface area contributed by atoms with Crippen LogP contribution in [-0.4, -0.2) is 33.9 Å². The van der Waals surface area contributed by atoms with Crippen LogP contribution >= 0.6 is 0 Å². The van der Waals surface area contributed by atoms with Crippen molar-refractivity contribution in [1.82, 2.24) is 0 Å². The maximum atomic E-state index is 10.5. The Labute approximate surface area is 92.1 Å². The van der Waals surface area contributed by atoms with Gasteiger partial charge in [-0.1, -0.05) is 13.0 Å². The summed E-state index contributed by atoms with van der Waals surface area (Å²) in [5, 5.41) is 8.59. The van der Waals surface area contributed by atoms with Gasteiger partial charge in [-0.25, -0.2) is 4.79 Å². The summed E-state index contributed by atoms with van der Waals surface area (Å²) in [5.74, 6) is -0.909. The van der Waals surface area contributed by atoms with E-state index in [2.05, 4.69) is 6.58 Å². The highest BCUT2D eigenvalue weighted by molar-refractivity contribution is 6.65. The second-order valence-corrected chi connectivity index (χ2v) is 7.24. The Hall–Kier alpha value is -0.653. The van der Waals surface area contributed by atoms with Gasteiger partial charge in [0.25, 0.3) is 0 Å². The summed E-state index contributed by atoms with van der Waals surface area (Å²) in [4.78, 5) is 10.5. The van der Waals surface area contributed by atoms with E-state index in [1.165, 1.54) is 0 Å². The van der Waals surface area contributed by atoms with Gasteiger partial charge < -0.3 is 14.0 Å². The maximum absolute atomic E-state index is 10.5. The first-order valence-electron chi connectivity index (χ1n) is 4.96. The molecule has 0 saturated carbocycles. The molecule has 4 nitrogen and oxygen atoms in total.